The van der Waals surface area contributed by atoms with Gasteiger partial charge in [-0.2, -0.15) is 5.26 Å². The molecule has 0 saturated carbocycles. The molecule has 0 bridgehead atoms. The Morgan fingerprint density at radius 1 is 1.41 bits per heavy atom. The highest BCUT2D eigenvalue weighted by Crippen LogP contribution is 2.38. The molecule has 0 atom stereocenters. The van der Waals surface area contributed by atoms with E-state index in [2.05, 4.69) is 11.1 Å². The van der Waals surface area contributed by atoms with Crippen molar-refractivity contribution >= 4 is 22.7 Å². The molecule has 2 rings (SSSR count). The van der Waals surface area contributed by atoms with Gasteiger partial charge in [0.25, 0.3) is 0 Å². The van der Waals surface area contributed by atoms with Gasteiger partial charge in [-0.3, -0.25) is 0 Å². The number of aliphatic imine (C=N–C) groups is 1. The Morgan fingerprint density at radius 3 is 3.00 bits per heavy atom. The van der Waals surface area contributed by atoms with Crippen molar-refractivity contribution < 1.29 is 4.74 Å². The van der Waals surface area contributed by atoms with Crippen LogP contribution in [0.5, 0.6) is 0 Å². The number of hydrogen-bond donors (Lipinski definition) is 0. The van der Waals surface area contributed by atoms with E-state index in [0.717, 1.165) is 23.4 Å². The van der Waals surface area contributed by atoms with E-state index in [-0.39, 0.29) is 0 Å². The van der Waals surface area contributed by atoms with Gasteiger partial charge in [0, 0.05) is 4.88 Å². The molecule has 3 nitrogen and oxygen atoms in total. The van der Waals surface area contributed by atoms with E-state index in [9.17, 15) is 5.26 Å². The van der Waals surface area contributed by atoms with Gasteiger partial charge in [0.1, 0.15) is 11.1 Å². The number of ether oxygens (including phenoxy) is 1. The van der Waals surface area contributed by atoms with Gasteiger partial charge in [0.15, 0.2) is 6.40 Å². The van der Waals surface area contributed by atoms with Gasteiger partial charge in [-0.05, 0) is 38.2 Å². The molecular formula is C13H16N2OS. The van der Waals surface area contributed by atoms with Crippen LogP contribution in [-0.2, 0) is 17.6 Å². The first-order chi connectivity index (χ1) is 8.36. The maximum Gasteiger partial charge on any atom is 0.175 e. The zero-order valence-corrected chi connectivity index (χ0v) is 10.8. The molecule has 17 heavy (non-hydrogen) atoms. The molecule has 0 aliphatic heterocycles. The Kier molecular flexibility index (Phi) is 4.16. The van der Waals surface area contributed by atoms with E-state index in [1.807, 2.05) is 6.92 Å². The highest BCUT2D eigenvalue weighted by atomic mass is 32.1. The number of nitrogens with zero attached hydrogens (tertiary/aromatic N) is 2. The van der Waals surface area contributed by atoms with Crippen LogP contribution in [0, 0.1) is 11.3 Å². The van der Waals surface area contributed by atoms with Crippen LogP contribution in [0.4, 0.5) is 5.00 Å². The van der Waals surface area contributed by atoms with Crippen LogP contribution >= 0.6 is 11.3 Å². The fourth-order valence-electron chi connectivity index (χ4n) is 2.09. The Morgan fingerprint density at radius 2 is 2.24 bits per heavy atom. The molecule has 0 amide bonds. The summed E-state index contributed by atoms with van der Waals surface area (Å²) in [5, 5.41) is 10.1. The summed E-state index contributed by atoms with van der Waals surface area (Å²) in [5.41, 5.74) is 2.00. The second-order valence-electron chi connectivity index (χ2n) is 4.05. The summed E-state index contributed by atoms with van der Waals surface area (Å²) in [4.78, 5) is 5.60. The number of fused-ring (bicyclic) bond motifs is 1. The van der Waals surface area contributed by atoms with Crippen LogP contribution in [0.25, 0.3) is 0 Å². The lowest BCUT2D eigenvalue weighted by Crippen LogP contribution is -1.87. The molecule has 0 radical (unpaired) electrons. The second kappa shape index (κ2) is 5.83. The molecule has 1 aliphatic carbocycles. The standard InChI is InChI=1S/C13H16N2OS/c1-2-16-9-15-13-11(8-14)10-6-4-3-5-7-12(10)17-13/h9H,2-7H2,1H3/b15-9+. The molecule has 0 N–H and O–H groups in total. The van der Waals surface area contributed by atoms with Crippen molar-refractivity contribution in [3.63, 3.8) is 0 Å². The average Bonchev–Trinajstić information content (AvgIpc) is 2.51. The molecule has 1 aromatic heterocycles. The maximum atomic E-state index is 9.25. The molecule has 4 heteroatoms. The fourth-order valence-corrected chi connectivity index (χ4v) is 3.27. The van der Waals surface area contributed by atoms with Crippen LogP contribution in [0.1, 0.15) is 42.2 Å². The van der Waals surface area contributed by atoms with Gasteiger partial charge in [-0.25, -0.2) is 4.99 Å². The number of nitriles is 1. The van der Waals surface area contributed by atoms with Crippen molar-refractivity contribution in [3.05, 3.63) is 16.0 Å². The number of hydrogen-bond acceptors (Lipinski definition) is 4. The van der Waals surface area contributed by atoms with Crippen molar-refractivity contribution in [3.8, 4) is 6.07 Å². The SMILES string of the molecule is CCO/C=N/c1sc2c(c1C#N)CCCCC2. The first-order valence-corrected chi connectivity index (χ1v) is 6.87. The molecule has 1 heterocycles. The van der Waals surface area contributed by atoms with E-state index in [1.54, 1.807) is 11.3 Å². The summed E-state index contributed by atoms with van der Waals surface area (Å²) in [6.45, 7) is 2.53. The second-order valence-corrected chi connectivity index (χ2v) is 5.13. The van der Waals surface area contributed by atoms with E-state index in [1.165, 1.54) is 36.1 Å². The summed E-state index contributed by atoms with van der Waals surface area (Å²) in [5.74, 6) is 0. The smallest absolute Gasteiger partial charge is 0.175 e. The lowest BCUT2D eigenvalue weighted by atomic mass is 10.1. The zero-order valence-electron chi connectivity index (χ0n) is 10.0. The van der Waals surface area contributed by atoms with Crippen LogP contribution in [0.2, 0.25) is 0 Å². The van der Waals surface area contributed by atoms with Crippen LogP contribution < -0.4 is 0 Å². The quantitative estimate of drug-likeness (QED) is 0.466. The fraction of sp³-hybridized carbons (Fsp3) is 0.538. The molecule has 0 unspecified atom stereocenters. The highest BCUT2D eigenvalue weighted by molar-refractivity contribution is 7.16. The summed E-state index contributed by atoms with van der Waals surface area (Å²) in [7, 11) is 0. The van der Waals surface area contributed by atoms with Crippen LogP contribution in [-0.4, -0.2) is 13.0 Å². The zero-order chi connectivity index (χ0) is 12.1. The van der Waals surface area contributed by atoms with Crippen LogP contribution in [0.15, 0.2) is 4.99 Å². The topological polar surface area (TPSA) is 45.4 Å². The summed E-state index contributed by atoms with van der Waals surface area (Å²) < 4.78 is 5.10. The number of thiophene rings is 1. The molecule has 90 valence electrons. The Bertz CT molecular complexity index is 457. The molecule has 1 aromatic rings. The van der Waals surface area contributed by atoms with E-state index >= 15 is 0 Å². The predicted octanol–water partition coefficient (Wildman–Crippen LogP) is 3.58. The lowest BCUT2D eigenvalue weighted by molar-refractivity contribution is 0.344. The summed E-state index contributed by atoms with van der Waals surface area (Å²) in [6, 6.07) is 2.30. The minimum absolute atomic E-state index is 0.608. The summed E-state index contributed by atoms with van der Waals surface area (Å²) in [6.07, 6.45) is 7.26. The monoisotopic (exact) mass is 248 g/mol. The van der Waals surface area contributed by atoms with Gasteiger partial charge in [-0.15, -0.1) is 11.3 Å². The highest BCUT2D eigenvalue weighted by Gasteiger charge is 2.19. The van der Waals surface area contributed by atoms with Crippen molar-refractivity contribution in [2.45, 2.75) is 39.0 Å². The van der Waals surface area contributed by atoms with Crippen molar-refractivity contribution in [2.24, 2.45) is 4.99 Å². The summed E-state index contributed by atoms with van der Waals surface area (Å²) >= 11 is 1.65. The molecule has 0 aromatic carbocycles. The van der Waals surface area contributed by atoms with Gasteiger partial charge in [0.2, 0.25) is 0 Å². The van der Waals surface area contributed by atoms with E-state index < -0.39 is 0 Å². The maximum absolute atomic E-state index is 9.25. The lowest BCUT2D eigenvalue weighted by Gasteiger charge is -1.96. The minimum Gasteiger partial charge on any atom is -0.483 e. The first kappa shape index (κ1) is 12.1. The Labute approximate surface area is 106 Å². The van der Waals surface area contributed by atoms with Crippen molar-refractivity contribution in [2.75, 3.05) is 6.61 Å². The number of aryl methyl sites for hydroxylation is 1. The molecule has 1 aliphatic rings. The average molecular weight is 248 g/mol. The van der Waals surface area contributed by atoms with Gasteiger partial charge < -0.3 is 4.74 Å². The van der Waals surface area contributed by atoms with Crippen LogP contribution in [0.3, 0.4) is 0 Å². The van der Waals surface area contributed by atoms with Crippen molar-refractivity contribution in [1.29, 1.82) is 5.26 Å². The third-order valence-corrected chi connectivity index (χ3v) is 4.13. The molecule has 0 fully saturated rings. The third-order valence-electron chi connectivity index (χ3n) is 2.93. The molecule has 0 spiro atoms. The van der Waals surface area contributed by atoms with Crippen molar-refractivity contribution in [1.82, 2.24) is 0 Å². The van der Waals surface area contributed by atoms with Gasteiger partial charge >= 0.3 is 0 Å². The van der Waals surface area contributed by atoms with E-state index in [4.69, 9.17) is 4.74 Å². The van der Waals surface area contributed by atoms with Gasteiger partial charge in [0.05, 0.1) is 12.2 Å². The third kappa shape index (κ3) is 2.67. The molecule has 0 saturated heterocycles. The normalized spacial score (nSPS) is 15.3. The van der Waals surface area contributed by atoms with Gasteiger partial charge in [-0.1, -0.05) is 6.42 Å². The molecular weight excluding hydrogens is 232 g/mol. The largest absolute Gasteiger partial charge is 0.483 e. The minimum atomic E-state index is 0.608. The van der Waals surface area contributed by atoms with E-state index in [0.29, 0.717) is 6.61 Å². The Balaban J connectivity index is 2.31. The Hall–Kier alpha value is -1.34. The predicted molar refractivity (Wildman–Crippen MR) is 70.1 cm³/mol. The number of rotatable bonds is 3. The first-order valence-electron chi connectivity index (χ1n) is 6.05.